The van der Waals surface area contributed by atoms with Crippen LogP contribution < -0.4 is 5.32 Å². The molecule has 6 heteroatoms. The number of halogens is 3. The molecular weight excluding hydrogens is 341 g/mol. The lowest BCUT2D eigenvalue weighted by atomic mass is 9.95. The molecule has 0 amide bonds. The van der Waals surface area contributed by atoms with E-state index < -0.39 is 17.8 Å². The first-order chi connectivity index (χ1) is 12.4. The molecule has 1 unspecified atom stereocenters. The lowest BCUT2D eigenvalue weighted by molar-refractivity contribution is -0.137. The zero-order valence-corrected chi connectivity index (χ0v) is 14.5. The lowest BCUT2D eigenvalue weighted by Crippen LogP contribution is -2.31. The number of carbonyl (C=O) groups is 1. The van der Waals surface area contributed by atoms with Crippen LogP contribution in [0.2, 0.25) is 0 Å². The second-order valence-corrected chi connectivity index (χ2v) is 6.02. The minimum absolute atomic E-state index is 0.207. The van der Waals surface area contributed by atoms with E-state index in [9.17, 15) is 18.0 Å². The topological polar surface area (TPSA) is 32.3 Å². The van der Waals surface area contributed by atoms with Crippen molar-refractivity contribution in [3.8, 4) is 0 Å². The van der Waals surface area contributed by atoms with Crippen LogP contribution in [0.1, 0.15) is 29.7 Å². The van der Waals surface area contributed by atoms with Crippen LogP contribution >= 0.6 is 0 Å². The molecule has 1 atom stereocenters. The maximum Gasteiger partial charge on any atom is 0.416 e. The number of benzene rings is 2. The Morgan fingerprint density at radius 3 is 2.35 bits per heavy atom. The van der Waals surface area contributed by atoms with Crippen LogP contribution in [0.4, 0.5) is 13.2 Å². The Morgan fingerprint density at radius 2 is 1.77 bits per heavy atom. The zero-order chi connectivity index (χ0) is 18.9. The number of nitrogens with zero attached hydrogens (tertiary/aromatic N) is 1. The smallest absolute Gasteiger partial charge is 0.374 e. The lowest BCUT2D eigenvalue weighted by Gasteiger charge is -2.27. The monoisotopic (exact) mass is 360 g/mol. The Morgan fingerprint density at radius 1 is 1.08 bits per heavy atom. The molecule has 1 N–H and O–H groups in total. The molecule has 1 heterocycles. The Hall–Kier alpha value is -2.76. The first-order valence-electron chi connectivity index (χ1n) is 8.34. The standard InChI is InChI=1S/C20H19F3N2O/c1-3-25-17(13-8-5-4-6-9-13)18(26)16(19(25)24-2)14-10-7-11-15(12-14)20(21,22)23/h4-12,17,24H,3H2,1-2H3. The van der Waals surface area contributed by atoms with E-state index in [1.165, 1.54) is 6.07 Å². The van der Waals surface area contributed by atoms with E-state index in [2.05, 4.69) is 5.32 Å². The first-order valence-corrected chi connectivity index (χ1v) is 8.34. The average Bonchev–Trinajstić information content (AvgIpc) is 2.93. The molecule has 0 radical (unpaired) electrons. The molecule has 0 bridgehead atoms. The fraction of sp³-hybridized carbons (Fsp3) is 0.250. The van der Waals surface area contributed by atoms with Crippen LogP contribution in [0.5, 0.6) is 0 Å². The molecule has 0 aromatic heterocycles. The van der Waals surface area contributed by atoms with E-state index in [0.717, 1.165) is 17.7 Å². The van der Waals surface area contributed by atoms with Crippen molar-refractivity contribution in [3.63, 3.8) is 0 Å². The van der Waals surface area contributed by atoms with Crippen molar-refractivity contribution in [2.24, 2.45) is 0 Å². The van der Waals surface area contributed by atoms with Crippen LogP contribution in [0.15, 0.2) is 60.4 Å². The summed E-state index contributed by atoms with van der Waals surface area (Å²) in [6.07, 6.45) is -4.46. The van der Waals surface area contributed by atoms with Crippen LogP contribution in [-0.4, -0.2) is 24.3 Å². The van der Waals surface area contributed by atoms with Gasteiger partial charge in [0, 0.05) is 13.6 Å². The molecule has 1 aliphatic rings. The highest BCUT2D eigenvalue weighted by molar-refractivity contribution is 6.26. The summed E-state index contributed by atoms with van der Waals surface area (Å²) in [5, 5.41) is 3.01. The Bertz CT molecular complexity index is 844. The third-order valence-corrected chi connectivity index (χ3v) is 4.50. The van der Waals surface area contributed by atoms with Gasteiger partial charge in [-0.3, -0.25) is 4.79 Å². The Kier molecular flexibility index (Phi) is 4.76. The third kappa shape index (κ3) is 3.07. The maximum absolute atomic E-state index is 13.2. The number of likely N-dealkylation sites (N-methyl/N-ethyl adjacent to an activating group) is 1. The van der Waals surface area contributed by atoms with Crippen molar-refractivity contribution >= 4 is 11.4 Å². The number of ketones is 1. The van der Waals surface area contributed by atoms with E-state index in [0.29, 0.717) is 12.4 Å². The number of hydrogen-bond donors (Lipinski definition) is 1. The molecule has 1 aliphatic heterocycles. The number of carbonyl (C=O) groups excluding carboxylic acids is 1. The number of Topliss-reactive ketones (excluding diaryl/α,β-unsaturated/α-hetero) is 1. The van der Waals surface area contributed by atoms with Gasteiger partial charge in [-0.05, 0) is 30.2 Å². The molecule has 2 aromatic rings. The molecule has 0 aliphatic carbocycles. The summed E-state index contributed by atoms with van der Waals surface area (Å²) in [6.45, 7) is 2.46. The number of nitrogens with one attached hydrogen (secondary N) is 1. The summed E-state index contributed by atoms with van der Waals surface area (Å²) in [7, 11) is 1.67. The van der Waals surface area contributed by atoms with Gasteiger partial charge >= 0.3 is 6.18 Å². The highest BCUT2D eigenvalue weighted by atomic mass is 19.4. The predicted octanol–water partition coefficient (Wildman–Crippen LogP) is 4.24. The summed E-state index contributed by atoms with van der Waals surface area (Å²) in [5.74, 6) is 0.340. The molecular formula is C20H19F3N2O. The number of rotatable bonds is 4. The third-order valence-electron chi connectivity index (χ3n) is 4.50. The largest absolute Gasteiger partial charge is 0.416 e. The van der Waals surface area contributed by atoms with E-state index in [-0.39, 0.29) is 16.9 Å². The van der Waals surface area contributed by atoms with E-state index in [1.54, 1.807) is 13.1 Å². The van der Waals surface area contributed by atoms with Gasteiger partial charge in [-0.2, -0.15) is 13.2 Å². The first kappa shape index (κ1) is 18.0. The maximum atomic E-state index is 13.2. The summed E-state index contributed by atoms with van der Waals surface area (Å²) in [6, 6.07) is 13.6. The fourth-order valence-electron chi connectivity index (χ4n) is 3.37. The van der Waals surface area contributed by atoms with Gasteiger partial charge in [0.15, 0.2) is 5.78 Å². The Labute approximate surface area is 150 Å². The summed E-state index contributed by atoms with van der Waals surface area (Å²) >= 11 is 0. The van der Waals surface area contributed by atoms with Gasteiger partial charge in [0.2, 0.25) is 0 Å². The normalized spacial score (nSPS) is 17.8. The van der Waals surface area contributed by atoms with Crippen LogP contribution in [-0.2, 0) is 11.0 Å². The van der Waals surface area contributed by atoms with Crippen molar-refractivity contribution in [3.05, 3.63) is 77.1 Å². The second-order valence-electron chi connectivity index (χ2n) is 6.02. The molecule has 0 spiro atoms. The van der Waals surface area contributed by atoms with Gasteiger partial charge in [-0.15, -0.1) is 0 Å². The van der Waals surface area contributed by atoms with Crippen molar-refractivity contribution in [1.82, 2.24) is 10.2 Å². The van der Waals surface area contributed by atoms with Gasteiger partial charge in [-0.25, -0.2) is 0 Å². The molecule has 2 aromatic carbocycles. The fourth-order valence-corrected chi connectivity index (χ4v) is 3.37. The summed E-state index contributed by atoms with van der Waals surface area (Å²) in [5.41, 5.74) is 0.603. The van der Waals surface area contributed by atoms with Crippen molar-refractivity contribution in [2.45, 2.75) is 19.1 Å². The minimum atomic E-state index is -4.46. The van der Waals surface area contributed by atoms with Crippen LogP contribution in [0.3, 0.4) is 0 Å². The van der Waals surface area contributed by atoms with Gasteiger partial charge in [-0.1, -0.05) is 42.5 Å². The van der Waals surface area contributed by atoms with Gasteiger partial charge in [0.25, 0.3) is 0 Å². The molecule has 0 fully saturated rings. The van der Waals surface area contributed by atoms with Crippen molar-refractivity contribution < 1.29 is 18.0 Å². The van der Waals surface area contributed by atoms with Gasteiger partial charge in [0.05, 0.1) is 11.1 Å². The highest BCUT2D eigenvalue weighted by Gasteiger charge is 2.40. The van der Waals surface area contributed by atoms with E-state index in [1.807, 2.05) is 42.2 Å². The molecule has 0 saturated carbocycles. The number of alkyl halides is 3. The minimum Gasteiger partial charge on any atom is -0.374 e. The second kappa shape index (κ2) is 6.86. The van der Waals surface area contributed by atoms with Crippen LogP contribution in [0, 0.1) is 0 Å². The SMILES string of the molecule is CCN1C(NC)=C(c2cccc(C(F)(F)F)c2)C(=O)C1c1ccccc1. The average molecular weight is 360 g/mol. The van der Waals surface area contributed by atoms with E-state index in [4.69, 9.17) is 0 Å². The highest BCUT2D eigenvalue weighted by Crippen LogP contribution is 2.40. The molecule has 26 heavy (non-hydrogen) atoms. The molecule has 136 valence electrons. The number of hydrogen-bond acceptors (Lipinski definition) is 3. The van der Waals surface area contributed by atoms with Crippen molar-refractivity contribution in [1.29, 1.82) is 0 Å². The zero-order valence-electron chi connectivity index (χ0n) is 14.5. The van der Waals surface area contributed by atoms with E-state index >= 15 is 0 Å². The molecule has 3 rings (SSSR count). The van der Waals surface area contributed by atoms with Gasteiger partial charge in [0.1, 0.15) is 11.9 Å². The summed E-state index contributed by atoms with van der Waals surface area (Å²) in [4.78, 5) is 15.1. The molecule has 3 nitrogen and oxygen atoms in total. The van der Waals surface area contributed by atoms with Crippen LogP contribution in [0.25, 0.3) is 5.57 Å². The quantitative estimate of drug-likeness (QED) is 0.885. The van der Waals surface area contributed by atoms with Crippen molar-refractivity contribution in [2.75, 3.05) is 13.6 Å². The summed E-state index contributed by atoms with van der Waals surface area (Å²) < 4.78 is 39.3. The van der Waals surface area contributed by atoms with Gasteiger partial charge < -0.3 is 10.2 Å². The molecule has 0 saturated heterocycles. The predicted molar refractivity (Wildman–Crippen MR) is 94.0 cm³/mol. The Balaban J connectivity index is 2.12.